The van der Waals surface area contributed by atoms with E-state index >= 15 is 0 Å². The fourth-order valence-corrected chi connectivity index (χ4v) is 3.30. The third kappa shape index (κ3) is 4.46. The average molecular weight is 280 g/mol. The van der Waals surface area contributed by atoms with Crippen LogP contribution in [-0.2, 0) is 4.74 Å². The lowest BCUT2D eigenvalue weighted by atomic mass is 9.66. The monoisotopic (exact) mass is 280 g/mol. The number of likely N-dealkylation sites (N-methyl/N-ethyl adjacent to an activating group) is 1. The molecule has 0 aromatic rings. The SMILES string of the molecule is CCOCCN(C)C1CC(C(C)(C)CC)CCC1C#N. The number of nitriles is 1. The molecule has 3 heteroatoms. The highest BCUT2D eigenvalue weighted by molar-refractivity contribution is 4.99. The van der Waals surface area contributed by atoms with Gasteiger partial charge in [-0.25, -0.2) is 0 Å². The van der Waals surface area contributed by atoms with Gasteiger partial charge in [0.25, 0.3) is 0 Å². The summed E-state index contributed by atoms with van der Waals surface area (Å²) >= 11 is 0. The van der Waals surface area contributed by atoms with Gasteiger partial charge in [-0.05, 0) is 44.6 Å². The second kappa shape index (κ2) is 8.00. The van der Waals surface area contributed by atoms with Gasteiger partial charge in [-0.1, -0.05) is 27.2 Å². The maximum atomic E-state index is 9.42. The Morgan fingerprint density at radius 3 is 2.55 bits per heavy atom. The van der Waals surface area contributed by atoms with Crippen molar-refractivity contribution < 1.29 is 4.74 Å². The van der Waals surface area contributed by atoms with Gasteiger partial charge >= 0.3 is 0 Å². The summed E-state index contributed by atoms with van der Waals surface area (Å²) in [5, 5.41) is 9.42. The molecule has 3 unspecified atom stereocenters. The fourth-order valence-electron chi connectivity index (χ4n) is 3.30. The molecular weight excluding hydrogens is 248 g/mol. The lowest BCUT2D eigenvalue weighted by Gasteiger charge is -2.44. The average Bonchev–Trinajstić information content (AvgIpc) is 2.46. The summed E-state index contributed by atoms with van der Waals surface area (Å²) in [4.78, 5) is 2.35. The molecule has 0 aromatic heterocycles. The van der Waals surface area contributed by atoms with Crippen LogP contribution in [0.2, 0.25) is 0 Å². The van der Waals surface area contributed by atoms with E-state index in [1.807, 2.05) is 6.92 Å². The van der Waals surface area contributed by atoms with Crippen LogP contribution in [0, 0.1) is 28.6 Å². The zero-order valence-corrected chi connectivity index (χ0v) is 14.0. The van der Waals surface area contributed by atoms with Crippen LogP contribution in [0.25, 0.3) is 0 Å². The first-order valence-electron chi connectivity index (χ1n) is 8.13. The van der Waals surface area contributed by atoms with Crippen LogP contribution < -0.4 is 0 Å². The van der Waals surface area contributed by atoms with Gasteiger partial charge in [-0.3, -0.25) is 4.90 Å². The second-order valence-electron chi connectivity index (χ2n) is 6.83. The molecule has 1 saturated carbocycles. The van der Waals surface area contributed by atoms with E-state index in [1.54, 1.807) is 0 Å². The molecule has 0 radical (unpaired) electrons. The molecule has 20 heavy (non-hydrogen) atoms. The zero-order chi connectivity index (χ0) is 15.2. The summed E-state index contributed by atoms with van der Waals surface area (Å²) in [6.45, 7) is 11.5. The van der Waals surface area contributed by atoms with Crippen molar-refractivity contribution in [3.63, 3.8) is 0 Å². The number of hydrogen-bond acceptors (Lipinski definition) is 3. The predicted molar refractivity (Wildman–Crippen MR) is 83.4 cm³/mol. The highest BCUT2D eigenvalue weighted by atomic mass is 16.5. The van der Waals surface area contributed by atoms with Crippen LogP contribution in [0.3, 0.4) is 0 Å². The Hall–Kier alpha value is -0.590. The van der Waals surface area contributed by atoms with Gasteiger partial charge < -0.3 is 4.74 Å². The third-order valence-corrected chi connectivity index (χ3v) is 5.36. The van der Waals surface area contributed by atoms with Crippen molar-refractivity contribution in [3.05, 3.63) is 0 Å². The van der Waals surface area contributed by atoms with Gasteiger partial charge in [-0.15, -0.1) is 0 Å². The Bertz CT molecular complexity index is 321. The van der Waals surface area contributed by atoms with Crippen LogP contribution in [-0.4, -0.2) is 37.7 Å². The smallest absolute Gasteiger partial charge is 0.0672 e. The highest BCUT2D eigenvalue weighted by Crippen LogP contribution is 2.43. The minimum absolute atomic E-state index is 0.186. The Balaban J connectivity index is 2.66. The molecule has 0 heterocycles. The summed E-state index contributed by atoms with van der Waals surface area (Å²) in [6, 6.07) is 2.93. The molecule has 0 N–H and O–H groups in total. The van der Waals surface area contributed by atoms with E-state index in [-0.39, 0.29) is 5.92 Å². The summed E-state index contributed by atoms with van der Waals surface area (Å²) in [5.74, 6) is 0.919. The lowest BCUT2D eigenvalue weighted by molar-refractivity contribution is 0.0449. The number of nitrogens with zero attached hydrogens (tertiary/aromatic N) is 2. The van der Waals surface area contributed by atoms with Crippen molar-refractivity contribution in [1.29, 1.82) is 5.26 Å². The summed E-state index contributed by atoms with van der Waals surface area (Å²) < 4.78 is 5.45. The van der Waals surface area contributed by atoms with Crippen molar-refractivity contribution in [2.24, 2.45) is 17.3 Å². The molecule has 3 nitrogen and oxygen atoms in total. The first-order chi connectivity index (χ1) is 9.46. The molecular formula is C17H32N2O. The van der Waals surface area contributed by atoms with Crippen molar-refractivity contribution >= 4 is 0 Å². The lowest BCUT2D eigenvalue weighted by Crippen LogP contribution is -2.45. The van der Waals surface area contributed by atoms with Crippen LogP contribution in [0.15, 0.2) is 0 Å². The van der Waals surface area contributed by atoms with Gasteiger partial charge in [0.05, 0.1) is 18.6 Å². The van der Waals surface area contributed by atoms with Crippen molar-refractivity contribution in [1.82, 2.24) is 4.90 Å². The second-order valence-corrected chi connectivity index (χ2v) is 6.83. The van der Waals surface area contributed by atoms with E-state index in [0.717, 1.165) is 38.5 Å². The van der Waals surface area contributed by atoms with E-state index in [9.17, 15) is 5.26 Å². The highest BCUT2D eigenvalue weighted by Gasteiger charge is 2.38. The molecule has 0 bridgehead atoms. The molecule has 0 spiro atoms. The molecule has 1 aliphatic rings. The maximum Gasteiger partial charge on any atom is 0.0672 e. The Kier molecular flexibility index (Phi) is 6.99. The summed E-state index contributed by atoms with van der Waals surface area (Å²) in [7, 11) is 2.15. The van der Waals surface area contributed by atoms with Crippen molar-refractivity contribution in [2.45, 2.75) is 59.4 Å². The quantitative estimate of drug-likeness (QED) is 0.667. The Labute approximate surface area is 125 Å². The first-order valence-corrected chi connectivity index (χ1v) is 8.13. The maximum absolute atomic E-state index is 9.42. The molecule has 3 atom stereocenters. The van der Waals surface area contributed by atoms with Gasteiger partial charge in [0.2, 0.25) is 0 Å². The van der Waals surface area contributed by atoms with E-state index in [1.165, 1.54) is 12.8 Å². The molecule has 0 aliphatic heterocycles. The van der Waals surface area contributed by atoms with Crippen molar-refractivity contribution in [3.8, 4) is 6.07 Å². The van der Waals surface area contributed by atoms with Crippen LogP contribution in [0.4, 0.5) is 0 Å². The molecule has 1 fully saturated rings. The third-order valence-electron chi connectivity index (χ3n) is 5.36. The Morgan fingerprint density at radius 1 is 1.30 bits per heavy atom. The molecule has 0 aromatic carbocycles. The summed E-state index contributed by atoms with van der Waals surface area (Å²) in [5.41, 5.74) is 0.388. The number of hydrogen-bond donors (Lipinski definition) is 0. The van der Waals surface area contributed by atoms with Gasteiger partial charge in [0.1, 0.15) is 0 Å². The van der Waals surface area contributed by atoms with E-state index < -0.39 is 0 Å². The summed E-state index contributed by atoms with van der Waals surface area (Å²) in [6.07, 6.45) is 4.62. The topological polar surface area (TPSA) is 36.3 Å². The van der Waals surface area contributed by atoms with Crippen LogP contribution in [0.5, 0.6) is 0 Å². The van der Waals surface area contributed by atoms with Crippen molar-refractivity contribution in [2.75, 3.05) is 26.8 Å². The molecule has 1 aliphatic carbocycles. The van der Waals surface area contributed by atoms with E-state index in [0.29, 0.717) is 11.5 Å². The minimum atomic E-state index is 0.186. The molecule has 116 valence electrons. The van der Waals surface area contributed by atoms with Gasteiger partial charge in [-0.2, -0.15) is 5.26 Å². The Morgan fingerprint density at radius 2 is 2.00 bits per heavy atom. The normalized spacial score (nSPS) is 27.6. The van der Waals surface area contributed by atoms with E-state index in [2.05, 4.69) is 38.8 Å². The molecule has 1 rings (SSSR count). The molecule has 0 saturated heterocycles. The number of ether oxygens (including phenoxy) is 1. The van der Waals surface area contributed by atoms with Crippen LogP contribution >= 0.6 is 0 Å². The van der Waals surface area contributed by atoms with Crippen LogP contribution in [0.1, 0.15) is 53.4 Å². The standard InChI is InChI=1S/C17H32N2O/c1-6-17(3,4)15-9-8-14(13-18)16(12-15)19(5)10-11-20-7-2/h14-16H,6-12H2,1-5H3. The first kappa shape index (κ1) is 17.5. The predicted octanol–water partition coefficient (Wildman–Crippen LogP) is 3.70. The largest absolute Gasteiger partial charge is 0.380 e. The van der Waals surface area contributed by atoms with Gasteiger partial charge in [0.15, 0.2) is 0 Å². The minimum Gasteiger partial charge on any atom is -0.380 e. The number of rotatable bonds is 7. The molecule has 0 amide bonds. The zero-order valence-electron chi connectivity index (χ0n) is 14.0. The van der Waals surface area contributed by atoms with E-state index in [4.69, 9.17) is 4.74 Å². The fraction of sp³-hybridized carbons (Fsp3) is 0.941. The van der Waals surface area contributed by atoms with Gasteiger partial charge in [0, 0.05) is 19.2 Å².